The summed E-state index contributed by atoms with van der Waals surface area (Å²) in [5.74, 6) is -0.274. The number of hydrogen-bond acceptors (Lipinski definition) is 5. The van der Waals surface area contributed by atoms with E-state index in [2.05, 4.69) is 20.4 Å². The number of carbonyl (C=O) groups is 1. The van der Waals surface area contributed by atoms with Crippen LogP contribution in [0.1, 0.15) is 29.1 Å². The Balaban J connectivity index is 1.80. The van der Waals surface area contributed by atoms with Crippen molar-refractivity contribution in [2.45, 2.75) is 19.3 Å². The van der Waals surface area contributed by atoms with E-state index in [1.807, 2.05) is 24.3 Å². The molecule has 0 radical (unpaired) electrons. The predicted octanol–water partition coefficient (Wildman–Crippen LogP) is 3.43. The number of benzene rings is 1. The highest BCUT2D eigenvalue weighted by atomic mass is 35.5. The van der Waals surface area contributed by atoms with Crippen LogP contribution in [0.4, 0.5) is 11.4 Å². The van der Waals surface area contributed by atoms with Gasteiger partial charge in [0.25, 0.3) is 5.91 Å². The van der Waals surface area contributed by atoms with Crippen molar-refractivity contribution in [1.82, 2.24) is 10.2 Å². The molecule has 1 aromatic carbocycles. The third kappa shape index (κ3) is 3.33. The van der Waals surface area contributed by atoms with Gasteiger partial charge in [0.05, 0.1) is 11.4 Å². The zero-order valence-corrected chi connectivity index (χ0v) is 13.0. The van der Waals surface area contributed by atoms with Gasteiger partial charge in [-0.05, 0) is 43.0 Å². The van der Waals surface area contributed by atoms with Gasteiger partial charge >= 0.3 is 0 Å². The number of nitrogens with zero attached hydrogens (tertiary/aromatic N) is 3. The Bertz CT molecular complexity index is 639. The van der Waals surface area contributed by atoms with Gasteiger partial charge in [-0.3, -0.25) is 4.79 Å². The number of piperidine rings is 1. The van der Waals surface area contributed by atoms with Crippen molar-refractivity contribution < 1.29 is 4.79 Å². The number of carbonyl (C=O) groups excluding carboxylic acids is 1. The SMILES string of the molecule is O=C(Nc1ccccc1N1CCCCC1)c1nnc(Cl)s1. The van der Waals surface area contributed by atoms with Crippen LogP contribution < -0.4 is 10.2 Å². The second kappa shape index (κ2) is 6.41. The van der Waals surface area contributed by atoms with E-state index in [0.29, 0.717) is 0 Å². The highest BCUT2D eigenvalue weighted by molar-refractivity contribution is 7.17. The van der Waals surface area contributed by atoms with Crippen LogP contribution in [0.15, 0.2) is 24.3 Å². The lowest BCUT2D eigenvalue weighted by Gasteiger charge is -2.30. The first-order valence-electron chi connectivity index (χ1n) is 6.88. The molecular formula is C14H15ClN4OS. The Hall–Kier alpha value is -1.66. The Kier molecular flexibility index (Phi) is 4.36. The van der Waals surface area contributed by atoms with Gasteiger partial charge in [0.2, 0.25) is 9.47 Å². The van der Waals surface area contributed by atoms with Crippen molar-refractivity contribution in [2.24, 2.45) is 0 Å². The minimum atomic E-state index is -0.274. The topological polar surface area (TPSA) is 58.1 Å². The summed E-state index contributed by atoms with van der Waals surface area (Å²) in [7, 11) is 0. The molecule has 1 amide bonds. The molecule has 3 rings (SSSR count). The van der Waals surface area contributed by atoms with E-state index < -0.39 is 0 Å². The summed E-state index contributed by atoms with van der Waals surface area (Å²) in [6, 6.07) is 7.84. The molecule has 2 heterocycles. The van der Waals surface area contributed by atoms with Crippen molar-refractivity contribution in [3.05, 3.63) is 33.7 Å². The fourth-order valence-corrected chi connectivity index (χ4v) is 3.19. The summed E-state index contributed by atoms with van der Waals surface area (Å²) < 4.78 is 0.268. The molecule has 0 unspecified atom stereocenters. The highest BCUT2D eigenvalue weighted by Crippen LogP contribution is 2.29. The van der Waals surface area contributed by atoms with E-state index in [4.69, 9.17) is 11.6 Å². The van der Waals surface area contributed by atoms with Crippen LogP contribution >= 0.6 is 22.9 Å². The Morgan fingerprint density at radius 1 is 1.19 bits per heavy atom. The third-order valence-corrected chi connectivity index (χ3v) is 4.46. The van der Waals surface area contributed by atoms with Gasteiger partial charge in [-0.25, -0.2) is 0 Å². The first-order chi connectivity index (χ1) is 10.2. The quantitative estimate of drug-likeness (QED) is 0.940. The van der Waals surface area contributed by atoms with Crippen LogP contribution in [-0.4, -0.2) is 29.2 Å². The molecule has 1 N–H and O–H groups in total. The smallest absolute Gasteiger partial charge is 0.286 e. The van der Waals surface area contributed by atoms with Crippen molar-refractivity contribution >= 4 is 40.2 Å². The average Bonchev–Trinajstić information content (AvgIpc) is 2.95. The zero-order valence-electron chi connectivity index (χ0n) is 11.4. The van der Waals surface area contributed by atoms with Crippen molar-refractivity contribution in [3.8, 4) is 0 Å². The lowest BCUT2D eigenvalue weighted by atomic mass is 10.1. The van der Waals surface area contributed by atoms with Gasteiger partial charge in [0.15, 0.2) is 0 Å². The van der Waals surface area contributed by atoms with E-state index in [9.17, 15) is 4.79 Å². The third-order valence-electron chi connectivity index (χ3n) is 3.44. The van der Waals surface area contributed by atoms with Crippen molar-refractivity contribution in [2.75, 3.05) is 23.3 Å². The maximum absolute atomic E-state index is 12.2. The molecule has 1 aromatic heterocycles. The van der Waals surface area contributed by atoms with Gasteiger partial charge in [-0.1, -0.05) is 23.5 Å². The fraction of sp³-hybridized carbons (Fsp3) is 0.357. The molecule has 21 heavy (non-hydrogen) atoms. The van der Waals surface area contributed by atoms with Gasteiger partial charge in [0.1, 0.15) is 0 Å². The second-order valence-electron chi connectivity index (χ2n) is 4.88. The lowest BCUT2D eigenvalue weighted by molar-refractivity contribution is 0.102. The monoisotopic (exact) mass is 322 g/mol. The lowest BCUT2D eigenvalue weighted by Crippen LogP contribution is -2.30. The first-order valence-corrected chi connectivity index (χ1v) is 8.08. The normalized spacial score (nSPS) is 15.0. The van der Waals surface area contributed by atoms with Crippen LogP contribution in [0.2, 0.25) is 4.47 Å². The standard InChI is InChI=1S/C14H15ClN4OS/c15-14-18-17-13(21-14)12(20)16-10-6-2-3-7-11(10)19-8-4-1-5-9-19/h2-3,6-7H,1,4-5,8-9H2,(H,16,20). The number of rotatable bonds is 3. The average molecular weight is 323 g/mol. The molecule has 0 atom stereocenters. The first kappa shape index (κ1) is 14.3. The van der Waals surface area contributed by atoms with E-state index >= 15 is 0 Å². The van der Waals surface area contributed by atoms with Crippen LogP contribution in [0.5, 0.6) is 0 Å². The molecule has 5 nitrogen and oxygen atoms in total. The fourth-order valence-electron chi connectivity index (χ4n) is 2.46. The number of para-hydroxylation sites is 2. The van der Waals surface area contributed by atoms with E-state index in [1.54, 1.807) is 0 Å². The van der Waals surface area contributed by atoms with Crippen LogP contribution in [-0.2, 0) is 0 Å². The molecule has 2 aromatic rings. The van der Waals surface area contributed by atoms with Crippen LogP contribution in [0.25, 0.3) is 0 Å². The second-order valence-corrected chi connectivity index (χ2v) is 6.44. The molecule has 0 spiro atoms. The molecule has 1 aliphatic rings. The number of aromatic nitrogens is 2. The van der Waals surface area contributed by atoms with Crippen LogP contribution in [0, 0.1) is 0 Å². The minimum Gasteiger partial charge on any atom is -0.370 e. The summed E-state index contributed by atoms with van der Waals surface area (Å²) >= 11 is 6.79. The molecular weight excluding hydrogens is 308 g/mol. The Morgan fingerprint density at radius 3 is 2.67 bits per heavy atom. The molecule has 1 fully saturated rings. The largest absolute Gasteiger partial charge is 0.370 e. The van der Waals surface area contributed by atoms with E-state index in [-0.39, 0.29) is 15.4 Å². The summed E-state index contributed by atoms with van der Waals surface area (Å²) in [6.45, 7) is 2.05. The number of hydrogen-bond donors (Lipinski definition) is 1. The molecule has 0 aliphatic carbocycles. The highest BCUT2D eigenvalue weighted by Gasteiger charge is 2.17. The van der Waals surface area contributed by atoms with Gasteiger partial charge < -0.3 is 10.2 Å². The minimum absolute atomic E-state index is 0.268. The summed E-state index contributed by atoms with van der Waals surface area (Å²) in [4.78, 5) is 14.5. The molecule has 0 saturated carbocycles. The van der Waals surface area contributed by atoms with Crippen LogP contribution in [0.3, 0.4) is 0 Å². The maximum atomic E-state index is 12.2. The predicted molar refractivity (Wildman–Crippen MR) is 85.4 cm³/mol. The van der Waals surface area contributed by atoms with Gasteiger partial charge in [-0.2, -0.15) is 0 Å². The molecule has 1 aliphatic heterocycles. The van der Waals surface area contributed by atoms with E-state index in [1.165, 1.54) is 19.3 Å². The number of anilines is 2. The molecule has 0 bridgehead atoms. The van der Waals surface area contributed by atoms with E-state index in [0.717, 1.165) is 35.8 Å². The van der Waals surface area contributed by atoms with Crippen molar-refractivity contribution in [3.63, 3.8) is 0 Å². The van der Waals surface area contributed by atoms with Gasteiger partial charge in [0, 0.05) is 13.1 Å². The zero-order chi connectivity index (χ0) is 14.7. The Labute approximate surface area is 131 Å². The molecule has 7 heteroatoms. The summed E-state index contributed by atoms with van der Waals surface area (Å²) in [5.41, 5.74) is 1.86. The number of amides is 1. The Morgan fingerprint density at radius 2 is 1.95 bits per heavy atom. The van der Waals surface area contributed by atoms with Gasteiger partial charge in [-0.15, -0.1) is 10.2 Å². The molecule has 110 valence electrons. The number of halogens is 1. The van der Waals surface area contributed by atoms with Crippen molar-refractivity contribution in [1.29, 1.82) is 0 Å². The summed E-state index contributed by atoms with van der Waals surface area (Å²) in [5, 5.41) is 10.6. The number of nitrogens with one attached hydrogen (secondary N) is 1. The molecule has 1 saturated heterocycles. The summed E-state index contributed by atoms with van der Waals surface area (Å²) in [6.07, 6.45) is 3.65. The maximum Gasteiger partial charge on any atom is 0.286 e.